The van der Waals surface area contributed by atoms with Gasteiger partial charge in [-0.05, 0) is 48.6 Å². The maximum atomic E-state index is 13.3. The smallest absolute Gasteiger partial charge is 0.243 e. The molecule has 0 bridgehead atoms. The molecule has 1 N–H and O–H groups in total. The van der Waals surface area contributed by atoms with Crippen molar-refractivity contribution in [3.8, 4) is 0 Å². The molecule has 2 aromatic rings. The fourth-order valence-electron chi connectivity index (χ4n) is 3.98. The van der Waals surface area contributed by atoms with E-state index in [1.165, 1.54) is 12.1 Å². The molecule has 1 atom stereocenters. The van der Waals surface area contributed by atoms with E-state index >= 15 is 0 Å². The molecule has 3 rings (SSSR count). The molecule has 6 heteroatoms. The van der Waals surface area contributed by atoms with Gasteiger partial charge >= 0.3 is 0 Å². The summed E-state index contributed by atoms with van der Waals surface area (Å²) in [7, 11) is 0. The van der Waals surface area contributed by atoms with Gasteiger partial charge in [-0.1, -0.05) is 61.7 Å². The summed E-state index contributed by atoms with van der Waals surface area (Å²) in [6.45, 7) is 2.14. The van der Waals surface area contributed by atoms with Crippen LogP contribution in [0.1, 0.15) is 50.2 Å². The first-order valence-corrected chi connectivity index (χ1v) is 10.9. The predicted octanol–water partition coefficient (Wildman–Crippen LogP) is 4.89. The van der Waals surface area contributed by atoms with Crippen molar-refractivity contribution in [1.82, 2.24) is 10.2 Å². The molecule has 0 heterocycles. The lowest BCUT2D eigenvalue weighted by atomic mass is 10.1. The van der Waals surface area contributed by atoms with Crippen LogP contribution in [0.15, 0.2) is 48.5 Å². The molecule has 1 aliphatic rings. The maximum absolute atomic E-state index is 13.3. The van der Waals surface area contributed by atoms with Crippen molar-refractivity contribution in [2.24, 2.45) is 0 Å². The van der Waals surface area contributed by atoms with Gasteiger partial charge in [0.1, 0.15) is 11.9 Å². The van der Waals surface area contributed by atoms with Crippen molar-refractivity contribution in [1.29, 1.82) is 0 Å². The van der Waals surface area contributed by atoms with Gasteiger partial charge in [-0.3, -0.25) is 9.59 Å². The second-order valence-corrected chi connectivity index (χ2v) is 8.24. The Hall–Kier alpha value is -2.40. The Morgan fingerprint density at radius 2 is 1.80 bits per heavy atom. The van der Waals surface area contributed by atoms with Gasteiger partial charge in [0, 0.05) is 17.6 Å². The van der Waals surface area contributed by atoms with Crippen LogP contribution in [0.4, 0.5) is 4.39 Å². The third-order valence-electron chi connectivity index (χ3n) is 5.65. The molecule has 2 amide bonds. The number of hydrogen-bond donors (Lipinski definition) is 1. The van der Waals surface area contributed by atoms with E-state index < -0.39 is 6.04 Å². The van der Waals surface area contributed by atoms with Crippen LogP contribution in [0.2, 0.25) is 5.02 Å². The molecule has 160 valence electrons. The quantitative estimate of drug-likeness (QED) is 0.648. The third-order valence-corrected chi connectivity index (χ3v) is 6.02. The molecule has 1 saturated carbocycles. The minimum Gasteiger partial charge on any atom is -0.352 e. The molecule has 0 aromatic heterocycles. The lowest BCUT2D eigenvalue weighted by molar-refractivity contribution is -0.141. The summed E-state index contributed by atoms with van der Waals surface area (Å²) in [5, 5.41) is 3.64. The predicted molar refractivity (Wildman–Crippen MR) is 117 cm³/mol. The van der Waals surface area contributed by atoms with Crippen molar-refractivity contribution in [2.75, 3.05) is 0 Å². The normalized spacial score (nSPS) is 15.0. The fraction of sp³-hybridized carbons (Fsp3) is 0.417. The second-order valence-electron chi connectivity index (χ2n) is 7.83. The van der Waals surface area contributed by atoms with Crippen LogP contribution >= 0.6 is 11.6 Å². The summed E-state index contributed by atoms with van der Waals surface area (Å²) in [5.41, 5.74) is 1.50. The van der Waals surface area contributed by atoms with Gasteiger partial charge < -0.3 is 10.2 Å². The van der Waals surface area contributed by atoms with Crippen LogP contribution in [-0.4, -0.2) is 28.8 Å². The van der Waals surface area contributed by atoms with E-state index in [1.54, 1.807) is 23.1 Å². The van der Waals surface area contributed by atoms with Gasteiger partial charge in [0.05, 0.1) is 6.42 Å². The number of rotatable bonds is 8. The Bertz CT molecular complexity index is 866. The van der Waals surface area contributed by atoms with Gasteiger partial charge in [-0.15, -0.1) is 0 Å². The van der Waals surface area contributed by atoms with E-state index in [0.717, 1.165) is 36.8 Å². The summed E-state index contributed by atoms with van der Waals surface area (Å²) in [6.07, 6.45) is 4.79. The highest BCUT2D eigenvalue weighted by Crippen LogP contribution is 2.21. The average Bonchev–Trinajstić information content (AvgIpc) is 3.24. The number of nitrogens with zero attached hydrogens (tertiary/aromatic N) is 1. The molecule has 4 nitrogen and oxygen atoms in total. The molecule has 0 radical (unpaired) electrons. The number of nitrogens with one attached hydrogen (secondary N) is 1. The van der Waals surface area contributed by atoms with Crippen molar-refractivity contribution in [3.05, 3.63) is 70.5 Å². The Morgan fingerprint density at radius 3 is 2.43 bits per heavy atom. The van der Waals surface area contributed by atoms with Crippen molar-refractivity contribution in [3.63, 3.8) is 0 Å². The highest BCUT2D eigenvalue weighted by molar-refractivity contribution is 6.31. The number of carbonyl (C=O) groups is 2. The molecule has 1 aliphatic carbocycles. The van der Waals surface area contributed by atoms with Crippen LogP contribution in [0.5, 0.6) is 0 Å². The molecular formula is C24H28ClFN2O2. The summed E-state index contributed by atoms with van der Waals surface area (Å²) in [6, 6.07) is 12.8. The van der Waals surface area contributed by atoms with E-state index in [4.69, 9.17) is 11.6 Å². The Labute approximate surface area is 182 Å². The molecule has 30 heavy (non-hydrogen) atoms. The van der Waals surface area contributed by atoms with E-state index in [2.05, 4.69) is 5.32 Å². The molecule has 1 fully saturated rings. The largest absolute Gasteiger partial charge is 0.352 e. The Morgan fingerprint density at radius 1 is 1.13 bits per heavy atom. The van der Waals surface area contributed by atoms with Crippen molar-refractivity contribution in [2.45, 2.75) is 64.1 Å². The number of halogens is 2. The van der Waals surface area contributed by atoms with E-state index in [-0.39, 0.29) is 36.6 Å². The molecule has 0 spiro atoms. The van der Waals surface area contributed by atoms with E-state index in [9.17, 15) is 14.0 Å². The molecule has 1 unspecified atom stereocenters. The number of benzene rings is 2. The van der Waals surface area contributed by atoms with Crippen LogP contribution in [0.3, 0.4) is 0 Å². The second kappa shape index (κ2) is 10.6. The molecule has 0 aliphatic heterocycles. The first-order valence-electron chi connectivity index (χ1n) is 10.6. The number of amides is 2. The van der Waals surface area contributed by atoms with Gasteiger partial charge in [-0.2, -0.15) is 0 Å². The van der Waals surface area contributed by atoms with Gasteiger partial charge in [-0.25, -0.2) is 4.39 Å². The zero-order valence-electron chi connectivity index (χ0n) is 17.2. The van der Waals surface area contributed by atoms with Gasteiger partial charge in [0.15, 0.2) is 0 Å². The monoisotopic (exact) mass is 430 g/mol. The topological polar surface area (TPSA) is 49.4 Å². The third kappa shape index (κ3) is 5.82. The van der Waals surface area contributed by atoms with Crippen LogP contribution < -0.4 is 5.32 Å². The minimum absolute atomic E-state index is 0.105. The molecule has 0 saturated heterocycles. The van der Waals surface area contributed by atoms with Gasteiger partial charge in [0.2, 0.25) is 11.8 Å². The van der Waals surface area contributed by atoms with Crippen molar-refractivity contribution >= 4 is 23.4 Å². The zero-order valence-corrected chi connectivity index (χ0v) is 18.0. The van der Waals surface area contributed by atoms with E-state index in [1.807, 2.05) is 25.1 Å². The highest BCUT2D eigenvalue weighted by Gasteiger charge is 2.30. The Kier molecular flexibility index (Phi) is 7.86. The average molecular weight is 431 g/mol. The zero-order chi connectivity index (χ0) is 21.5. The van der Waals surface area contributed by atoms with Crippen LogP contribution in [-0.2, 0) is 22.6 Å². The van der Waals surface area contributed by atoms with Gasteiger partial charge in [0.25, 0.3) is 0 Å². The van der Waals surface area contributed by atoms with Crippen molar-refractivity contribution < 1.29 is 14.0 Å². The number of carbonyl (C=O) groups excluding carboxylic acids is 2. The number of hydrogen-bond acceptors (Lipinski definition) is 2. The molecular weight excluding hydrogens is 403 g/mol. The summed E-state index contributed by atoms with van der Waals surface area (Å²) < 4.78 is 13.3. The maximum Gasteiger partial charge on any atom is 0.243 e. The first-order chi connectivity index (χ1) is 14.5. The Balaban J connectivity index is 1.82. The highest BCUT2D eigenvalue weighted by atomic mass is 35.5. The first kappa shape index (κ1) is 22.3. The minimum atomic E-state index is -0.592. The van der Waals surface area contributed by atoms with Crippen LogP contribution in [0.25, 0.3) is 0 Å². The van der Waals surface area contributed by atoms with E-state index in [0.29, 0.717) is 11.4 Å². The lowest BCUT2D eigenvalue weighted by Crippen LogP contribution is -2.51. The van der Waals surface area contributed by atoms with Crippen LogP contribution in [0, 0.1) is 5.82 Å². The fourth-order valence-corrected chi connectivity index (χ4v) is 4.18. The standard InChI is InChI=1S/C24H28ClFN2O2/c1-2-22(24(30)27-20-8-4-5-9-20)28(16-17-11-13-19(26)14-12-17)23(29)15-18-7-3-6-10-21(18)25/h3,6-7,10-14,20,22H,2,4-5,8-9,15-16H2,1H3,(H,27,30). The SMILES string of the molecule is CCC(C(=O)NC1CCCC1)N(Cc1ccc(F)cc1)C(=O)Cc1ccccc1Cl. The molecule has 2 aromatic carbocycles. The summed E-state index contributed by atoms with van der Waals surface area (Å²) >= 11 is 6.25. The summed E-state index contributed by atoms with van der Waals surface area (Å²) in [5.74, 6) is -0.640. The lowest BCUT2D eigenvalue weighted by Gasteiger charge is -2.31. The summed E-state index contributed by atoms with van der Waals surface area (Å²) in [4.78, 5) is 27.9.